The van der Waals surface area contributed by atoms with Gasteiger partial charge in [-0.1, -0.05) is 116 Å². The van der Waals surface area contributed by atoms with Crippen molar-refractivity contribution in [2.75, 3.05) is 0 Å². The average Bonchev–Trinajstić information content (AvgIpc) is 3.95. The van der Waals surface area contributed by atoms with Gasteiger partial charge in [-0.25, -0.2) is 9.98 Å². The van der Waals surface area contributed by atoms with Crippen molar-refractivity contribution in [2.24, 2.45) is 15.9 Å². The summed E-state index contributed by atoms with van der Waals surface area (Å²) < 4.78 is 9.88. The van der Waals surface area contributed by atoms with E-state index >= 15 is 0 Å². The fourth-order valence-electron chi connectivity index (χ4n) is 8.41. The van der Waals surface area contributed by atoms with Gasteiger partial charge in [0, 0.05) is 44.3 Å². The lowest BCUT2D eigenvalue weighted by molar-refractivity contribution is 0.532. The first-order chi connectivity index (χ1) is 27.2. The number of furan rings is 1. The molecule has 0 saturated heterocycles. The highest BCUT2D eigenvalue weighted by Crippen LogP contribution is 2.39. The van der Waals surface area contributed by atoms with Gasteiger partial charge in [0.15, 0.2) is 5.84 Å². The Morgan fingerprint density at radius 1 is 0.600 bits per heavy atom. The van der Waals surface area contributed by atoms with Gasteiger partial charge in [-0.2, -0.15) is 0 Å². The van der Waals surface area contributed by atoms with Gasteiger partial charge in [-0.3, -0.25) is 4.99 Å². The number of aliphatic imine (C=N–C) groups is 2. The van der Waals surface area contributed by atoms with E-state index in [1.54, 1.807) is 11.3 Å². The van der Waals surface area contributed by atoms with E-state index in [0.717, 1.165) is 78.3 Å². The third kappa shape index (κ3) is 5.24. The first-order valence-electron chi connectivity index (χ1n) is 18.8. The lowest BCUT2D eigenvalue weighted by atomic mass is 9.83. The van der Waals surface area contributed by atoms with Crippen LogP contribution in [0.5, 0.6) is 0 Å². The van der Waals surface area contributed by atoms with Crippen LogP contribution >= 0.6 is 11.3 Å². The Morgan fingerprint density at radius 3 is 2.15 bits per heavy atom. The second-order valence-electron chi connectivity index (χ2n) is 14.2. The topological polar surface area (TPSA) is 55.7 Å². The maximum atomic E-state index is 6.30. The summed E-state index contributed by atoms with van der Waals surface area (Å²) in [5, 5.41) is 5.69. The molecule has 3 aromatic heterocycles. The van der Waals surface area contributed by atoms with Crippen molar-refractivity contribution in [3.8, 4) is 16.3 Å². The van der Waals surface area contributed by atoms with E-state index in [1.165, 1.54) is 26.6 Å². The number of nitrogens with zero attached hydrogens (tertiary/aromatic N) is 4. The lowest BCUT2D eigenvalue weighted by Crippen LogP contribution is -2.28. The van der Waals surface area contributed by atoms with Crippen LogP contribution < -0.4 is 0 Å². The van der Waals surface area contributed by atoms with E-state index in [0.29, 0.717) is 0 Å². The summed E-state index contributed by atoms with van der Waals surface area (Å²) >= 11 is 1.74. The van der Waals surface area contributed by atoms with Crippen molar-refractivity contribution in [3.05, 3.63) is 180 Å². The first-order valence-corrected chi connectivity index (χ1v) is 19.6. The Bertz CT molecular complexity index is 3120. The van der Waals surface area contributed by atoms with Crippen LogP contribution in [0.1, 0.15) is 36.1 Å². The molecule has 0 saturated carbocycles. The average molecular weight is 727 g/mol. The summed E-state index contributed by atoms with van der Waals surface area (Å²) in [5.41, 5.74) is 11.6. The number of hydrogen-bond acceptors (Lipinski definition) is 5. The maximum absolute atomic E-state index is 6.30. The SMILES string of the molecule is CCC1C(c2ccc(-n3c4ccccc4c4ccc(-c5nc6ccccc6s5)cc43)cc2)=NC(c2ccc3c(c2)oc2ccccc23)=NC1c1ccccc1. The number of amidine groups is 1. The zero-order valence-electron chi connectivity index (χ0n) is 30.1. The highest BCUT2D eigenvalue weighted by molar-refractivity contribution is 7.21. The molecule has 10 aromatic rings. The van der Waals surface area contributed by atoms with E-state index < -0.39 is 0 Å². The second kappa shape index (κ2) is 12.8. The minimum absolute atomic E-state index is 0.0713. The molecule has 1 aliphatic rings. The smallest absolute Gasteiger partial charge is 0.155 e. The molecule has 1 aliphatic heterocycles. The van der Waals surface area contributed by atoms with Crippen LogP contribution in [0.25, 0.3) is 70.2 Å². The summed E-state index contributed by atoms with van der Waals surface area (Å²) in [5.74, 6) is 0.835. The summed E-state index contributed by atoms with van der Waals surface area (Å²) in [6, 6.07) is 57.9. The second-order valence-corrected chi connectivity index (χ2v) is 15.3. The third-order valence-electron chi connectivity index (χ3n) is 11.1. The molecule has 5 nitrogen and oxygen atoms in total. The van der Waals surface area contributed by atoms with Gasteiger partial charge in [0.2, 0.25) is 0 Å². The number of benzene rings is 7. The Balaban J connectivity index is 1.03. The highest BCUT2D eigenvalue weighted by Gasteiger charge is 2.32. The van der Waals surface area contributed by atoms with Crippen molar-refractivity contribution >= 4 is 76.8 Å². The summed E-state index contributed by atoms with van der Waals surface area (Å²) in [6.07, 6.45) is 0.904. The number of thiazole rings is 1. The lowest BCUT2D eigenvalue weighted by Gasteiger charge is -2.30. The number of fused-ring (bicyclic) bond motifs is 7. The molecule has 0 spiro atoms. The van der Waals surface area contributed by atoms with Crippen LogP contribution in [0.15, 0.2) is 178 Å². The predicted molar refractivity (Wildman–Crippen MR) is 229 cm³/mol. The highest BCUT2D eigenvalue weighted by atomic mass is 32.1. The molecule has 11 rings (SSSR count). The van der Waals surface area contributed by atoms with Crippen LogP contribution in [0, 0.1) is 5.92 Å². The van der Waals surface area contributed by atoms with Crippen molar-refractivity contribution in [3.63, 3.8) is 0 Å². The predicted octanol–water partition coefficient (Wildman–Crippen LogP) is 13.0. The van der Waals surface area contributed by atoms with Crippen LogP contribution in [-0.2, 0) is 0 Å². The van der Waals surface area contributed by atoms with Crippen LogP contribution in [0.2, 0.25) is 0 Å². The minimum atomic E-state index is -0.0713. The molecule has 0 bridgehead atoms. The van der Waals surface area contributed by atoms with Gasteiger partial charge in [-0.05, 0) is 72.1 Å². The molecule has 2 atom stereocenters. The molecule has 55 heavy (non-hydrogen) atoms. The van der Waals surface area contributed by atoms with E-state index in [1.807, 2.05) is 12.1 Å². The van der Waals surface area contributed by atoms with Crippen molar-refractivity contribution < 1.29 is 4.42 Å². The first kappa shape index (κ1) is 31.9. The Hall–Kier alpha value is -6.63. The fourth-order valence-corrected chi connectivity index (χ4v) is 9.37. The molecule has 4 heterocycles. The largest absolute Gasteiger partial charge is 0.456 e. The van der Waals surface area contributed by atoms with Gasteiger partial charge < -0.3 is 8.98 Å². The van der Waals surface area contributed by atoms with Gasteiger partial charge in [0.25, 0.3) is 0 Å². The standard InChI is InChI=1S/C49H34N4OS/c1-2-35-46(30-12-4-3-5-13-30)51-48(32-22-27-39-38-15-7-10-18-43(38)54-44(39)29-32)52-47(35)31-20-24-34(25-21-31)53-41-17-9-6-14-36(41)37-26-23-33(28-42(37)53)49-50-40-16-8-11-19-45(40)55-49/h3-29,35,46H,2H2,1H3. The molecular formula is C49H34N4OS. The Kier molecular flexibility index (Phi) is 7.39. The molecule has 2 unspecified atom stereocenters. The van der Waals surface area contributed by atoms with E-state index in [2.05, 4.69) is 163 Å². The van der Waals surface area contributed by atoms with Crippen LogP contribution in [-0.4, -0.2) is 21.1 Å². The Morgan fingerprint density at radius 2 is 1.29 bits per heavy atom. The number of rotatable bonds is 6. The molecule has 0 fully saturated rings. The number of para-hydroxylation sites is 3. The molecule has 262 valence electrons. The van der Waals surface area contributed by atoms with E-state index in [4.69, 9.17) is 19.4 Å². The zero-order chi connectivity index (χ0) is 36.5. The van der Waals surface area contributed by atoms with Crippen LogP contribution in [0.3, 0.4) is 0 Å². The quantitative estimate of drug-likeness (QED) is 0.171. The van der Waals surface area contributed by atoms with Crippen molar-refractivity contribution in [2.45, 2.75) is 19.4 Å². The zero-order valence-corrected chi connectivity index (χ0v) is 30.9. The molecular weight excluding hydrogens is 693 g/mol. The van der Waals surface area contributed by atoms with E-state index in [9.17, 15) is 0 Å². The molecule has 7 aromatic carbocycles. The summed E-state index contributed by atoms with van der Waals surface area (Å²) in [7, 11) is 0. The van der Waals surface area contributed by atoms with Gasteiger partial charge >= 0.3 is 0 Å². The summed E-state index contributed by atoms with van der Waals surface area (Å²) in [4.78, 5) is 15.7. The molecule has 0 radical (unpaired) electrons. The minimum Gasteiger partial charge on any atom is -0.456 e. The van der Waals surface area contributed by atoms with Gasteiger partial charge in [-0.15, -0.1) is 11.3 Å². The van der Waals surface area contributed by atoms with Crippen molar-refractivity contribution in [1.82, 2.24) is 9.55 Å². The van der Waals surface area contributed by atoms with Gasteiger partial charge in [0.1, 0.15) is 16.2 Å². The molecule has 0 amide bonds. The molecule has 6 heteroatoms. The monoisotopic (exact) mass is 726 g/mol. The molecule has 0 N–H and O–H groups in total. The van der Waals surface area contributed by atoms with Crippen LogP contribution in [0.4, 0.5) is 0 Å². The molecule has 0 aliphatic carbocycles. The van der Waals surface area contributed by atoms with Gasteiger partial charge in [0.05, 0.1) is 33.0 Å². The summed E-state index contributed by atoms with van der Waals surface area (Å²) in [6.45, 7) is 2.24. The fraction of sp³-hybridized carbons (Fsp3) is 0.0816. The third-order valence-corrected chi connectivity index (χ3v) is 12.2. The maximum Gasteiger partial charge on any atom is 0.155 e. The van der Waals surface area contributed by atoms with Crippen molar-refractivity contribution in [1.29, 1.82) is 0 Å². The number of aromatic nitrogens is 2. The van der Waals surface area contributed by atoms with E-state index in [-0.39, 0.29) is 12.0 Å². The normalized spacial score (nSPS) is 16.0. The Labute approximate surface area is 321 Å². The number of hydrogen-bond donors (Lipinski definition) is 0.